The first-order valence-electron chi connectivity index (χ1n) is 6.94. The number of rotatable bonds is 6. The summed E-state index contributed by atoms with van der Waals surface area (Å²) in [6, 6.07) is 3.75. The second kappa shape index (κ2) is 6.52. The summed E-state index contributed by atoms with van der Waals surface area (Å²) < 4.78 is 7.25. The highest BCUT2D eigenvalue weighted by Crippen LogP contribution is 2.24. The Kier molecular flexibility index (Phi) is 4.74. The number of ether oxygens (including phenoxy) is 1. The molecule has 0 spiro atoms. The van der Waals surface area contributed by atoms with Gasteiger partial charge in [-0.15, -0.1) is 0 Å². The normalized spacial score (nSPS) is 12.4. The zero-order valence-electron chi connectivity index (χ0n) is 12.2. The fourth-order valence-corrected chi connectivity index (χ4v) is 2.03. The molecule has 5 heteroatoms. The molecule has 20 heavy (non-hydrogen) atoms. The first-order chi connectivity index (χ1) is 9.65. The van der Waals surface area contributed by atoms with E-state index in [1.165, 1.54) is 0 Å². The lowest BCUT2D eigenvalue weighted by atomic mass is 10.1. The fourth-order valence-electron chi connectivity index (χ4n) is 2.03. The molecule has 2 heterocycles. The van der Waals surface area contributed by atoms with E-state index in [1.807, 2.05) is 33.0 Å². The van der Waals surface area contributed by atoms with Crippen LogP contribution in [-0.4, -0.2) is 26.5 Å². The minimum Gasteiger partial charge on any atom is -0.492 e. The summed E-state index contributed by atoms with van der Waals surface area (Å²) in [6.07, 6.45) is 4.35. The average molecular weight is 275 g/mol. The fraction of sp³-hybridized carbons (Fsp3) is 0.467. The van der Waals surface area contributed by atoms with E-state index >= 15 is 0 Å². The largest absolute Gasteiger partial charge is 0.492 e. The lowest BCUT2D eigenvalue weighted by Crippen LogP contribution is -2.07. The maximum Gasteiger partial charge on any atom is 0.137 e. The monoisotopic (exact) mass is 275 g/mol. The summed E-state index contributed by atoms with van der Waals surface area (Å²) in [5, 5.41) is 14.8. The summed E-state index contributed by atoms with van der Waals surface area (Å²) >= 11 is 0. The molecule has 1 atom stereocenters. The van der Waals surface area contributed by atoms with Crippen molar-refractivity contribution in [1.29, 1.82) is 0 Å². The second-order valence-corrected chi connectivity index (χ2v) is 4.74. The van der Waals surface area contributed by atoms with Gasteiger partial charge in [0.2, 0.25) is 0 Å². The molecule has 0 amide bonds. The average Bonchev–Trinajstić information content (AvgIpc) is 2.86. The van der Waals surface area contributed by atoms with Gasteiger partial charge in [-0.1, -0.05) is 13.8 Å². The number of hydrogen-bond acceptors (Lipinski definition) is 4. The van der Waals surface area contributed by atoms with Crippen LogP contribution in [0.15, 0.2) is 24.5 Å². The summed E-state index contributed by atoms with van der Waals surface area (Å²) in [5.41, 5.74) is 2.44. The van der Waals surface area contributed by atoms with Crippen LogP contribution in [0, 0.1) is 0 Å². The third-order valence-electron chi connectivity index (χ3n) is 3.13. The van der Waals surface area contributed by atoms with Crippen molar-refractivity contribution < 1.29 is 9.84 Å². The Morgan fingerprint density at radius 2 is 2.10 bits per heavy atom. The lowest BCUT2D eigenvalue weighted by Gasteiger charge is -2.12. The number of aromatic nitrogens is 3. The van der Waals surface area contributed by atoms with Gasteiger partial charge in [-0.25, -0.2) is 0 Å². The number of pyridine rings is 1. The topological polar surface area (TPSA) is 60.2 Å². The molecule has 1 unspecified atom stereocenters. The molecule has 0 radical (unpaired) electrons. The lowest BCUT2D eigenvalue weighted by molar-refractivity contribution is 0.208. The quantitative estimate of drug-likeness (QED) is 0.878. The summed E-state index contributed by atoms with van der Waals surface area (Å²) in [7, 11) is 1.84. The van der Waals surface area contributed by atoms with E-state index in [4.69, 9.17) is 4.74 Å². The van der Waals surface area contributed by atoms with Gasteiger partial charge in [0, 0.05) is 18.8 Å². The van der Waals surface area contributed by atoms with E-state index in [1.54, 1.807) is 17.1 Å². The Hall–Kier alpha value is -1.88. The number of aliphatic hydroxyl groups excluding tert-OH is 1. The molecule has 2 rings (SSSR count). The smallest absolute Gasteiger partial charge is 0.137 e. The van der Waals surface area contributed by atoms with Crippen molar-refractivity contribution in [2.45, 2.75) is 32.8 Å². The Balaban J connectivity index is 2.23. The van der Waals surface area contributed by atoms with Gasteiger partial charge in [-0.2, -0.15) is 5.10 Å². The molecule has 0 saturated carbocycles. The zero-order chi connectivity index (χ0) is 14.5. The molecule has 0 aromatic carbocycles. The van der Waals surface area contributed by atoms with E-state index in [0.29, 0.717) is 17.9 Å². The molecule has 0 bridgehead atoms. The second-order valence-electron chi connectivity index (χ2n) is 4.74. The Morgan fingerprint density at radius 1 is 1.30 bits per heavy atom. The maximum absolute atomic E-state index is 10.5. The van der Waals surface area contributed by atoms with Gasteiger partial charge in [0.1, 0.15) is 11.9 Å². The van der Waals surface area contributed by atoms with Crippen LogP contribution in [0.4, 0.5) is 0 Å². The number of aryl methyl sites for hydroxylation is 2. The molecule has 2 aromatic heterocycles. The maximum atomic E-state index is 10.5. The molecule has 2 aromatic rings. The number of nitrogens with zero attached hydrogens (tertiary/aromatic N) is 3. The van der Waals surface area contributed by atoms with Gasteiger partial charge in [0.15, 0.2) is 0 Å². The van der Waals surface area contributed by atoms with Gasteiger partial charge in [-0.05, 0) is 25.0 Å². The van der Waals surface area contributed by atoms with E-state index in [9.17, 15) is 5.11 Å². The molecule has 0 saturated heterocycles. The number of hydrogen-bond donors (Lipinski definition) is 1. The van der Waals surface area contributed by atoms with Crippen molar-refractivity contribution in [3.05, 3.63) is 41.5 Å². The van der Waals surface area contributed by atoms with Crippen LogP contribution in [-0.2, 0) is 13.5 Å². The standard InChI is InChI=1S/C15H21N3O2/c1-4-6-20-13-7-11(9-16-10-13)15(19)14-8-12(5-2)17-18(14)3/h7-10,15,19H,4-6H2,1-3H3. The van der Waals surface area contributed by atoms with E-state index < -0.39 is 6.10 Å². The molecule has 0 aliphatic carbocycles. The number of aliphatic hydroxyl groups is 1. The van der Waals surface area contributed by atoms with Crippen molar-refractivity contribution in [3.63, 3.8) is 0 Å². The highest BCUT2D eigenvalue weighted by molar-refractivity contribution is 5.30. The van der Waals surface area contributed by atoms with E-state index in [2.05, 4.69) is 10.1 Å². The Morgan fingerprint density at radius 3 is 2.75 bits per heavy atom. The SMILES string of the molecule is CCCOc1cncc(C(O)c2cc(CC)nn2C)c1. The Bertz CT molecular complexity index is 566. The van der Waals surface area contributed by atoms with Gasteiger partial charge >= 0.3 is 0 Å². The third-order valence-corrected chi connectivity index (χ3v) is 3.13. The highest BCUT2D eigenvalue weighted by Gasteiger charge is 2.16. The third kappa shape index (κ3) is 3.17. The van der Waals surface area contributed by atoms with Crippen LogP contribution in [0.3, 0.4) is 0 Å². The molecule has 0 fully saturated rings. The molecular formula is C15H21N3O2. The van der Waals surface area contributed by atoms with Crippen molar-refractivity contribution in [1.82, 2.24) is 14.8 Å². The van der Waals surface area contributed by atoms with E-state index in [0.717, 1.165) is 24.2 Å². The molecule has 0 aliphatic rings. The molecule has 1 N–H and O–H groups in total. The summed E-state index contributed by atoms with van der Waals surface area (Å²) in [5.74, 6) is 0.682. The zero-order valence-corrected chi connectivity index (χ0v) is 12.2. The van der Waals surface area contributed by atoms with Crippen molar-refractivity contribution >= 4 is 0 Å². The minimum atomic E-state index is -0.745. The molecular weight excluding hydrogens is 254 g/mol. The van der Waals surface area contributed by atoms with Crippen LogP contribution < -0.4 is 4.74 Å². The van der Waals surface area contributed by atoms with Gasteiger partial charge < -0.3 is 9.84 Å². The molecule has 5 nitrogen and oxygen atoms in total. The van der Waals surface area contributed by atoms with Crippen LogP contribution >= 0.6 is 0 Å². The van der Waals surface area contributed by atoms with E-state index in [-0.39, 0.29) is 0 Å². The summed E-state index contributed by atoms with van der Waals surface area (Å²) in [4.78, 5) is 4.13. The molecule has 0 aliphatic heterocycles. The minimum absolute atomic E-state index is 0.646. The van der Waals surface area contributed by atoms with Gasteiger partial charge in [0.25, 0.3) is 0 Å². The van der Waals surface area contributed by atoms with Crippen LogP contribution in [0.25, 0.3) is 0 Å². The van der Waals surface area contributed by atoms with Crippen molar-refractivity contribution in [2.24, 2.45) is 7.05 Å². The van der Waals surface area contributed by atoms with Crippen LogP contribution in [0.5, 0.6) is 5.75 Å². The summed E-state index contributed by atoms with van der Waals surface area (Å²) in [6.45, 7) is 4.74. The highest BCUT2D eigenvalue weighted by atomic mass is 16.5. The molecule has 108 valence electrons. The van der Waals surface area contributed by atoms with Crippen LogP contribution in [0.1, 0.15) is 43.3 Å². The van der Waals surface area contributed by atoms with Crippen molar-refractivity contribution in [3.8, 4) is 5.75 Å². The van der Waals surface area contributed by atoms with Crippen LogP contribution in [0.2, 0.25) is 0 Å². The van der Waals surface area contributed by atoms with Gasteiger partial charge in [-0.3, -0.25) is 9.67 Å². The predicted molar refractivity (Wildman–Crippen MR) is 76.7 cm³/mol. The first kappa shape index (κ1) is 14.5. The van der Waals surface area contributed by atoms with Gasteiger partial charge in [0.05, 0.1) is 24.2 Å². The first-order valence-corrected chi connectivity index (χ1v) is 6.94. The van der Waals surface area contributed by atoms with Crippen molar-refractivity contribution in [2.75, 3.05) is 6.61 Å². The Labute approximate surface area is 119 Å². The predicted octanol–water partition coefficient (Wildman–Crippen LogP) is 2.25.